The van der Waals surface area contributed by atoms with Crippen molar-refractivity contribution >= 4 is 0 Å². The van der Waals surface area contributed by atoms with Crippen LogP contribution >= 0.6 is 0 Å². The molecule has 0 spiro atoms. The van der Waals surface area contributed by atoms with Gasteiger partial charge < -0.3 is 5.32 Å². The van der Waals surface area contributed by atoms with Crippen molar-refractivity contribution < 1.29 is 0 Å². The molecule has 0 aromatic carbocycles. The van der Waals surface area contributed by atoms with Gasteiger partial charge in [0.15, 0.2) is 0 Å². The fraction of sp³-hybridized carbons (Fsp3) is 1.00. The first-order chi connectivity index (χ1) is 9.44. The molecule has 0 aliphatic heterocycles. The van der Waals surface area contributed by atoms with Gasteiger partial charge in [-0.25, -0.2) is 0 Å². The Hall–Kier alpha value is -0.0400. The highest BCUT2D eigenvalue weighted by molar-refractivity contribution is 4.84. The van der Waals surface area contributed by atoms with E-state index in [1.807, 2.05) is 0 Å². The summed E-state index contributed by atoms with van der Waals surface area (Å²) < 4.78 is 0. The van der Waals surface area contributed by atoms with Crippen LogP contribution < -0.4 is 5.32 Å². The van der Waals surface area contributed by atoms with Crippen LogP contribution in [0.15, 0.2) is 0 Å². The summed E-state index contributed by atoms with van der Waals surface area (Å²) in [5.74, 6) is 3.95. The van der Waals surface area contributed by atoms with Gasteiger partial charge in [-0.1, -0.05) is 45.4 Å². The Kier molecular flexibility index (Phi) is 5.95. The van der Waals surface area contributed by atoms with Crippen LogP contribution in [0.5, 0.6) is 0 Å². The molecular weight excluding hydrogens is 242 g/mol. The lowest BCUT2D eigenvalue weighted by atomic mass is 9.69. The van der Waals surface area contributed by atoms with Gasteiger partial charge in [0, 0.05) is 5.54 Å². The molecule has 2 aliphatic rings. The van der Waals surface area contributed by atoms with Crippen LogP contribution in [0, 0.1) is 23.7 Å². The van der Waals surface area contributed by atoms with Crippen molar-refractivity contribution in [2.45, 2.75) is 91.0 Å². The molecule has 0 bridgehead atoms. The molecule has 3 unspecified atom stereocenters. The van der Waals surface area contributed by atoms with Gasteiger partial charge >= 0.3 is 0 Å². The summed E-state index contributed by atoms with van der Waals surface area (Å²) >= 11 is 0. The minimum absolute atomic E-state index is 0.276. The maximum atomic E-state index is 3.77. The lowest BCUT2D eigenvalue weighted by Crippen LogP contribution is -2.42. The molecule has 1 heteroatoms. The third kappa shape index (κ3) is 5.39. The van der Waals surface area contributed by atoms with E-state index in [0.717, 1.165) is 23.7 Å². The highest BCUT2D eigenvalue weighted by atomic mass is 14.9. The van der Waals surface area contributed by atoms with Gasteiger partial charge in [0.2, 0.25) is 0 Å². The fourth-order valence-corrected chi connectivity index (χ4v) is 4.41. The van der Waals surface area contributed by atoms with Crippen molar-refractivity contribution in [3.05, 3.63) is 0 Å². The van der Waals surface area contributed by atoms with E-state index in [-0.39, 0.29) is 5.54 Å². The molecular formula is C19H37N. The lowest BCUT2D eigenvalue weighted by Gasteiger charge is -2.39. The SMILES string of the molecule is CC1CCC(CNC(C)(C)C)C(CC2CCCCC2)C1. The average Bonchev–Trinajstić information content (AvgIpc) is 2.38. The molecule has 1 N–H and O–H groups in total. The largest absolute Gasteiger partial charge is 0.312 e. The fourth-order valence-electron chi connectivity index (χ4n) is 4.41. The van der Waals surface area contributed by atoms with E-state index in [2.05, 4.69) is 33.0 Å². The Morgan fingerprint density at radius 2 is 1.60 bits per heavy atom. The molecule has 0 amide bonds. The molecule has 2 aliphatic carbocycles. The zero-order chi connectivity index (χ0) is 14.6. The van der Waals surface area contributed by atoms with Crippen molar-refractivity contribution in [1.82, 2.24) is 5.32 Å². The van der Waals surface area contributed by atoms with Gasteiger partial charge in [-0.2, -0.15) is 0 Å². The zero-order valence-corrected chi connectivity index (χ0v) is 14.4. The third-order valence-electron chi connectivity index (χ3n) is 5.66. The van der Waals surface area contributed by atoms with Gasteiger partial charge in [-0.15, -0.1) is 0 Å². The number of hydrogen-bond donors (Lipinski definition) is 1. The molecule has 3 atom stereocenters. The lowest BCUT2D eigenvalue weighted by molar-refractivity contribution is 0.136. The maximum Gasteiger partial charge on any atom is 0.00966 e. The Morgan fingerprint density at radius 3 is 2.25 bits per heavy atom. The van der Waals surface area contributed by atoms with Crippen LogP contribution in [0.25, 0.3) is 0 Å². The van der Waals surface area contributed by atoms with Gasteiger partial charge in [0.1, 0.15) is 0 Å². The highest BCUT2D eigenvalue weighted by Gasteiger charge is 2.31. The van der Waals surface area contributed by atoms with Gasteiger partial charge in [0.05, 0.1) is 0 Å². The summed E-state index contributed by atoms with van der Waals surface area (Å²) in [5, 5.41) is 3.77. The molecule has 0 aromatic heterocycles. The Bertz CT molecular complexity index is 272. The maximum absolute atomic E-state index is 3.77. The quantitative estimate of drug-likeness (QED) is 0.727. The average molecular weight is 280 g/mol. The topological polar surface area (TPSA) is 12.0 Å². The van der Waals surface area contributed by atoms with Gasteiger partial charge in [-0.3, -0.25) is 0 Å². The molecule has 0 heterocycles. The Morgan fingerprint density at radius 1 is 0.900 bits per heavy atom. The van der Waals surface area contributed by atoms with E-state index in [4.69, 9.17) is 0 Å². The number of rotatable bonds is 4. The minimum Gasteiger partial charge on any atom is -0.312 e. The second kappa shape index (κ2) is 7.29. The Balaban J connectivity index is 1.86. The smallest absolute Gasteiger partial charge is 0.00966 e. The van der Waals surface area contributed by atoms with Crippen LogP contribution in [0.1, 0.15) is 85.5 Å². The molecule has 0 saturated heterocycles. The van der Waals surface area contributed by atoms with Crippen molar-refractivity contribution in [3.8, 4) is 0 Å². The molecule has 0 aromatic rings. The van der Waals surface area contributed by atoms with E-state index < -0.39 is 0 Å². The first kappa shape index (κ1) is 16.3. The van der Waals surface area contributed by atoms with E-state index in [1.54, 1.807) is 0 Å². The molecule has 2 saturated carbocycles. The van der Waals surface area contributed by atoms with Crippen LogP contribution in [0.2, 0.25) is 0 Å². The summed E-state index contributed by atoms with van der Waals surface area (Å²) in [6.45, 7) is 10.6. The monoisotopic (exact) mass is 279 g/mol. The van der Waals surface area contributed by atoms with Crippen molar-refractivity contribution in [2.24, 2.45) is 23.7 Å². The van der Waals surface area contributed by atoms with Gasteiger partial charge in [-0.05, 0) is 70.3 Å². The van der Waals surface area contributed by atoms with E-state index >= 15 is 0 Å². The van der Waals surface area contributed by atoms with Crippen LogP contribution in [-0.2, 0) is 0 Å². The third-order valence-corrected chi connectivity index (χ3v) is 5.66. The Labute approximate surface area is 127 Å². The van der Waals surface area contributed by atoms with Crippen molar-refractivity contribution in [3.63, 3.8) is 0 Å². The highest BCUT2D eigenvalue weighted by Crippen LogP contribution is 2.40. The first-order valence-corrected chi connectivity index (χ1v) is 9.19. The summed E-state index contributed by atoms with van der Waals surface area (Å²) in [7, 11) is 0. The van der Waals surface area contributed by atoms with E-state index in [0.29, 0.717) is 0 Å². The molecule has 0 radical (unpaired) electrons. The molecule has 2 fully saturated rings. The molecule has 2 rings (SSSR count). The second-order valence-corrected chi connectivity index (χ2v) is 8.81. The summed E-state index contributed by atoms with van der Waals surface area (Å²) in [6, 6.07) is 0. The van der Waals surface area contributed by atoms with Crippen molar-refractivity contribution in [1.29, 1.82) is 0 Å². The number of nitrogens with one attached hydrogen (secondary N) is 1. The molecule has 1 nitrogen and oxygen atoms in total. The molecule has 118 valence electrons. The normalized spacial score (nSPS) is 33.3. The second-order valence-electron chi connectivity index (χ2n) is 8.81. The van der Waals surface area contributed by atoms with Crippen molar-refractivity contribution in [2.75, 3.05) is 6.54 Å². The summed E-state index contributed by atoms with van der Waals surface area (Å²) in [5.41, 5.74) is 0.276. The first-order valence-electron chi connectivity index (χ1n) is 9.19. The van der Waals surface area contributed by atoms with E-state index in [1.165, 1.54) is 64.3 Å². The predicted octanol–water partition coefficient (Wildman–Crippen LogP) is 5.40. The van der Waals surface area contributed by atoms with Gasteiger partial charge in [0.25, 0.3) is 0 Å². The standard InChI is InChI=1S/C19H37N/c1-15-10-11-17(14-20-19(2,3)4)18(12-15)13-16-8-6-5-7-9-16/h15-18,20H,5-14H2,1-4H3. The van der Waals surface area contributed by atoms with Crippen LogP contribution in [0.4, 0.5) is 0 Å². The number of hydrogen-bond acceptors (Lipinski definition) is 1. The predicted molar refractivity (Wildman–Crippen MR) is 88.9 cm³/mol. The van der Waals surface area contributed by atoms with E-state index in [9.17, 15) is 0 Å². The summed E-state index contributed by atoms with van der Waals surface area (Å²) in [6.07, 6.45) is 13.5. The zero-order valence-electron chi connectivity index (χ0n) is 14.4. The molecule has 20 heavy (non-hydrogen) atoms. The van der Waals surface area contributed by atoms with Crippen LogP contribution in [-0.4, -0.2) is 12.1 Å². The minimum atomic E-state index is 0.276. The van der Waals surface area contributed by atoms with Crippen LogP contribution in [0.3, 0.4) is 0 Å². The summed E-state index contributed by atoms with van der Waals surface area (Å²) in [4.78, 5) is 0.